The van der Waals surface area contributed by atoms with Crippen LogP contribution in [0.25, 0.3) is 0 Å². The first kappa shape index (κ1) is 6.07. The summed E-state index contributed by atoms with van der Waals surface area (Å²) in [6.07, 6.45) is 0.775. The second-order valence-corrected chi connectivity index (χ2v) is 2.04. The molecule has 46 valence electrons. The minimum absolute atomic E-state index is 0.0463. The van der Waals surface area contributed by atoms with Gasteiger partial charge >= 0.3 is 7.12 Å². The molecule has 1 aliphatic heterocycles. The van der Waals surface area contributed by atoms with Gasteiger partial charge in [0.05, 0.1) is 0 Å². The molecule has 1 atom stereocenters. The van der Waals surface area contributed by atoms with Gasteiger partial charge in [-0.15, -0.1) is 0 Å². The lowest BCUT2D eigenvalue weighted by Gasteiger charge is -2.01. The summed E-state index contributed by atoms with van der Waals surface area (Å²) in [6.45, 7) is 1.17. The van der Waals surface area contributed by atoms with Gasteiger partial charge in [0.25, 0.3) is 0 Å². The van der Waals surface area contributed by atoms with Gasteiger partial charge in [-0.05, 0) is 6.42 Å². The van der Waals surface area contributed by atoms with E-state index in [2.05, 4.69) is 0 Å². The fourth-order valence-corrected chi connectivity index (χ4v) is 0.788. The second kappa shape index (κ2) is 2.48. The molecular formula is C4H9BO3. The average molecular weight is 116 g/mol. The van der Waals surface area contributed by atoms with Crippen LogP contribution in [0.5, 0.6) is 0 Å². The molecule has 4 heteroatoms. The first-order valence-electron chi connectivity index (χ1n) is 2.74. The van der Waals surface area contributed by atoms with E-state index in [0.717, 1.165) is 6.42 Å². The molecule has 0 aromatic heterocycles. The van der Waals surface area contributed by atoms with Crippen LogP contribution < -0.4 is 0 Å². The van der Waals surface area contributed by atoms with Crippen LogP contribution in [-0.4, -0.2) is 30.4 Å². The molecule has 0 radical (unpaired) electrons. The molecule has 1 fully saturated rings. The predicted molar refractivity (Wildman–Crippen MR) is 29.4 cm³/mol. The number of ether oxygens (including phenoxy) is 1. The van der Waals surface area contributed by atoms with E-state index < -0.39 is 7.12 Å². The molecule has 1 heterocycles. The molecule has 8 heavy (non-hydrogen) atoms. The topological polar surface area (TPSA) is 49.7 Å². The van der Waals surface area contributed by atoms with Gasteiger partial charge in [-0.2, -0.15) is 0 Å². The van der Waals surface area contributed by atoms with Gasteiger partial charge in [-0.3, -0.25) is 0 Å². The summed E-state index contributed by atoms with van der Waals surface area (Å²) in [4.78, 5) is 0. The standard InChI is InChI=1S/C4H9BO3/c6-5(7)4-1-2-8-3-4/h4,6-7H,1-3H2. The Hall–Kier alpha value is -0.0551. The molecule has 0 spiro atoms. The quantitative estimate of drug-likeness (QED) is 0.443. The zero-order valence-corrected chi connectivity index (χ0v) is 4.58. The highest BCUT2D eigenvalue weighted by Gasteiger charge is 2.26. The van der Waals surface area contributed by atoms with Crippen molar-refractivity contribution in [3.8, 4) is 0 Å². The van der Waals surface area contributed by atoms with Gasteiger partial charge in [-0.25, -0.2) is 0 Å². The fraction of sp³-hybridized carbons (Fsp3) is 1.00. The number of hydrogen-bond donors (Lipinski definition) is 2. The van der Waals surface area contributed by atoms with Crippen LogP contribution in [0.3, 0.4) is 0 Å². The van der Waals surface area contributed by atoms with E-state index in [0.29, 0.717) is 13.2 Å². The molecular weight excluding hydrogens is 107 g/mol. The highest BCUT2D eigenvalue weighted by molar-refractivity contribution is 6.43. The lowest BCUT2D eigenvalue weighted by molar-refractivity contribution is 0.194. The van der Waals surface area contributed by atoms with Crippen molar-refractivity contribution in [2.24, 2.45) is 0 Å². The van der Waals surface area contributed by atoms with E-state index in [1.165, 1.54) is 0 Å². The van der Waals surface area contributed by atoms with Crippen LogP contribution in [-0.2, 0) is 4.74 Å². The Bertz CT molecular complexity index is 69.7. The SMILES string of the molecule is OB(O)C1CCOC1. The number of rotatable bonds is 1. The maximum absolute atomic E-state index is 8.53. The Labute approximate surface area is 48.4 Å². The summed E-state index contributed by atoms with van der Waals surface area (Å²) in [5.74, 6) is -0.0463. The minimum atomic E-state index is -1.18. The Kier molecular flexibility index (Phi) is 1.88. The normalized spacial score (nSPS) is 28.5. The zero-order chi connectivity index (χ0) is 5.98. The highest BCUT2D eigenvalue weighted by atomic mass is 16.5. The molecule has 1 unspecified atom stereocenters. The Morgan fingerprint density at radius 3 is 2.50 bits per heavy atom. The third-order valence-corrected chi connectivity index (χ3v) is 1.39. The summed E-state index contributed by atoms with van der Waals surface area (Å²) < 4.78 is 4.90. The molecule has 0 amide bonds. The van der Waals surface area contributed by atoms with Crippen LogP contribution in [0.2, 0.25) is 5.82 Å². The van der Waals surface area contributed by atoms with Crippen LogP contribution in [0, 0.1) is 0 Å². The maximum atomic E-state index is 8.53. The summed E-state index contributed by atoms with van der Waals surface area (Å²) in [5, 5.41) is 17.1. The lowest BCUT2D eigenvalue weighted by Crippen LogP contribution is -2.19. The Morgan fingerprint density at radius 1 is 1.50 bits per heavy atom. The van der Waals surface area contributed by atoms with Crippen molar-refractivity contribution in [1.29, 1.82) is 0 Å². The molecule has 3 nitrogen and oxygen atoms in total. The van der Waals surface area contributed by atoms with Gasteiger partial charge in [-0.1, -0.05) is 0 Å². The van der Waals surface area contributed by atoms with Gasteiger partial charge in [0.15, 0.2) is 0 Å². The van der Waals surface area contributed by atoms with Crippen LogP contribution in [0.1, 0.15) is 6.42 Å². The first-order valence-corrected chi connectivity index (χ1v) is 2.74. The average Bonchev–Trinajstić information content (AvgIpc) is 2.12. The summed E-state index contributed by atoms with van der Waals surface area (Å²) in [5.41, 5.74) is 0. The Balaban J connectivity index is 2.24. The third kappa shape index (κ3) is 1.21. The minimum Gasteiger partial charge on any atom is -0.427 e. The largest absolute Gasteiger partial charge is 0.457 e. The molecule has 0 saturated carbocycles. The molecule has 0 aliphatic carbocycles. The fourth-order valence-electron chi connectivity index (χ4n) is 0.788. The van der Waals surface area contributed by atoms with Crippen molar-refractivity contribution < 1.29 is 14.8 Å². The van der Waals surface area contributed by atoms with Crippen molar-refractivity contribution in [3.63, 3.8) is 0 Å². The smallest absolute Gasteiger partial charge is 0.427 e. The van der Waals surface area contributed by atoms with E-state index in [1.54, 1.807) is 0 Å². The van der Waals surface area contributed by atoms with Gasteiger partial charge < -0.3 is 14.8 Å². The van der Waals surface area contributed by atoms with E-state index >= 15 is 0 Å². The van der Waals surface area contributed by atoms with E-state index in [1.807, 2.05) is 0 Å². The molecule has 0 bridgehead atoms. The number of hydrogen-bond acceptors (Lipinski definition) is 3. The van der Waals surface area contributed by atoms with Crippen LogP contribution in [0.15, 0.2) is 0 Å². The van der Waals surface area contributed by atoms with Crippen LogP contribution in [0.4, 0.5) is 0 Å². The Morgan fingerprint density at radius 2 is 2.25 bits per heavy atom. The highest BCUT2D eigenvalue weighted by Crippen LogP contribution is 2.18. The molecule has 0 aromatic carbocycles. The zero-order valence-electron chi connectivity index (χ0n) is 4.58. The summed E-state index contributed by atoms with van der Waals surface area (Å²) >= 11 is 0. The molecule has 1 saturated heterocycles. The molecule has 2 N–H and O–H groups in total. The maximum Gasteiger partial charge on any atom is 0.457 e. The van der Waals surface area contributed by atoms with E-state index in [4.69, 9.17) is 14.8 Å². The third-order valence-electron chi connectivity index (χ3n) is 1.39. The van der Waals surface area contributed by atoms with E-state index in [-0.39, 0.29) is 5.82 Å². The molecule has 1 rings (SSSR count). The van der Waals surface area contributed by atoms with Gasteiger partial charge in [0, 0.05) is 19.0 Å². The monoisotopic (exact) mass is 116 g/mol. The second-order valence-electron chi connectivity index (χ2n) is 2.04. The summed E-state index contributed by atoms with van der Waals surface area (Å²) in [6, 6.07) is 0. The van der Waals surface area contributed by atoms with Gasteiger partial charge in [0.2, 0.25) is 0 Å². The first-order chi connectivity index (χ1) is 3.80. The summed E-state index contributed by atoms with van der Waals surface area (Å²) in [7, 11) is -1.18. The van der Waals surface area contributed by atoms with E-state index in [9.17, 15) is 0 Å². The molecule has 0 aromatic rings. The van der Waals surface area contributed by atoms with Crippen molar-refractivity contribution in [1.82, 2.24) is 0 Å². The van der Waals surface area contributed by atoms with Crippen molar-refractivity contribution in [2.45, 2.75) is 12.2 Å². The molecule has 1 aliphatic rings. The van der Waals surface area contributed by atoms with Crippen molar-refractivity contribution in [3.05, 3.63) is 0 Å². The van der Waals surface area contributed by atoms with Crippen molar-refractivity contribution >= 4 is 7.12 Å². The van der Waals surface area contributed by atoms with Gasteiger partial charge in [0.1, 0.15) is 0 Å². The van der Waals surface area contributed by atoms with Crippen molar-refractivity contribution in [2.75, 3.05) is 13.2 Å². The lowest BCUT2D eigenvalue weighted by atomic mass is 9.73. The predicted octanol–water partition coefficient (Wildman–Crippen LogP) is -0.750. The van der Waals surface area contributed by atoms with Crippen LogP contribution >= 0.6 is 0 Å².